The van der Waals surface area contributed by atoms with Crippen LogP contribution in [-0.4, -0.2) is 0 Å². The lowest BCUT2D eigenvalue weighted by Crippen LogP contribution is -1.90. The van der Waals surface area contributed by atoms with Gasteiger partial charge in [0.2, 0.25) is 0 Å². The first-order chi connectivity index (χ1) is 17.5. The van der Waals surface area contributed by atoms with Crippen LogP contribution in [0.25, 0.3) is 33.0 Å². The molecule has 36 heavy (non-hydrogen) atoms. The van der Waals surface area contributed by atoms with Gasteiger partial charge in [0.1, 0.15) is 0 Å². The molecule has 0 radical (unpaired) electrons. The number of hydrogen-bond acceptors (Lipinski definition) is 0. The van der Waals surface area contributed by atoms with Gasteiger partial charge in [0.05, 0.1) is 0 Å². The molecule has 1 aliphatic rings. The van der Waals surface area contributed by atoms with Crippen molar-refractivity contribution < 1.29 is 0 Å². The lowest BCUT2D eigenvalue weighted by Gasteiger charge is -2.12. The summed E-state index contributed by atoms with van der Waals surface area (Å²) >= 11 is 0. The van der Waals surface area contributed by atoms with Crippen molar-refractivity contribution >= 4 is 21.9 Å². The highest BCUT2D eigenvalue weighted by atomic mass is 14.1. The smallest absolute Gasteiger partial charge is 0.0112 e. The van der Waals surface area contributed by atoms with E-state index in [1.165, 1.54) is 38.6 Å². The van der Waals surface area contributed by atoms with E-state index >= 15 is 0 Å². The zero-order chi connectivity index (χ0) is 25.5. The van der Waals surface area contributed by atoms with Gasteiger partial charge in [0, 0.05) is 0 Å². The van der Waals surface area contributed by atoms with E-state index in [-0.39, 0.29) is 0 Å². The van der Waals surface area contributed by atoms with E-state index in [9.17, 15) is 0 Å². The largest absolute Gasteiger partial charge is 0.0984 e. The Kier molecular flexibility index (Phi) is 7.98. The molecule has 0 heteroatoms. The van der Waals surface area contributed by atoms with Crippen molar-refractivity contribution in [1.29, 1.82) is 0 Å². The zero-order valence-electron chi connectivity index (χ0n) is 21.6. The third kappa shape index (κ3) is 5.56. The molecule has 0 nitrogen and oxygen atoms in total. The molecule has 3 aromatic rings. The minimum absolute atomic E-state index is 0.940. The van der Waals surface area contributed by atoms with Gasteiger partial charge in [-0.25, -0.2) is 0 Å². The molecule has 3 aromatic carbocycles. The molecule has 4 rings (SSSR count). The van der Waals surface area contributed by atoms with Gasteiger partial charge in [-0.3, -0.25) is 0 Å². The molecular formula is C36H34. The van der Waals surface area contributed by atoms with Crippen molar-refractivity contribution in [3.63, 3.8) is 0 Å². The third-order valence-electron chi connectivity index (χ3n) is 6.56. The van der Waals surface area contributed by atoms with Gasteiger partial charge in [-0.05, 0) is 94.6 Å². The van der Waals surface area contributed by atoms with Crippen LogP contribution in [0, 0.1) is 0 Å². The van der Waals surface area contributed by atoms with Crippen molar-refractivity contribution in [2.45, 2.75) is 27.2 Å². The fraction of sp³-hybridized carbons (Fsp3) is 0.111. The standard InChI is InChI=1S/C36H34/c1-6-11-36(35(8-3)26(4)5)30-18-16-29(17-19-30)32-21-23-33-24-31(20-22-34(33)25-32)28-13-10-9-12-27(7-2)14-15-28/h6-9,11-25H,3-4,10H2,1-2,5H3/b11-6?,12-9-,15-14-,27-7?,28-13+,36-35+. The molecule has 0 N–H and O–H groups in total. The van der Waals surface area contributed by atoms with Crippen LogP contribution in [0.2, 0.25) is 0 Å². The summed E-state index contributed by atoms with van der Waals surface area (Å²) in [5.41, 5.74) is 10.6. The molecule has 0 aliphatic heterocycles. The molecule has 0 spiro atoms. The third-order valence-corrected chi connectivity index (χ3v) is 6.56. The maximum Gasteiger partial charge on any atom is -0.0112 e. The van der Waals surface area contributed by atoms with Crippen LogP contribution >= 0.6 is 0 Å². The first-order valence-electron chi connectivity index (χ1n) is 12.6. The highest BCUT2D eigenvalue weighted by molar-refractivity contribution is 5.91. The lowest BCUT2D eigenvalue weighted by molar-refractivity contribution is 1.37. The predicted molar refractivity (Wildman–Crippen MR) is 161 cm³/mol. The predicted octanol–water partition coefficient (Wildman–Crippen LogP) is 10.4. The van der Waals surface area contributed by atoms with Crippen LogP contribution in [-0.2, 0) is 0 Å². The number of hydrogen-bond donors (Lipinski definition) is 0. The normalized spacial score (nSPS) is 18.8. The van der Waals surface area contributed by atoms with Gasteiger partial charge >= 0.3 is 0 Å². The molecule has 0 heterocycles. The average Bonchev–Trinajstić information content (AvgIpc) is 2.88. The van der Waals surface area contributed by atoms with E-state index in [0.717, 1.165) is 28.7 Å². The fourth-order valence-electron chi connectivity index (χ4n) is 4.58. The molecule has 0 atom stereocenters. The Morgan fingerprint density at radius 3 is 2.11 bits per heavy atom. The summed E-state index contributed by atoms with van der Waals surface area (Å²) in [6, 6.07) is 22.3. The van der Waals surface area contributed by atoms with Crippen LogP contribution in [0.1, 0.15) is 38.3 Å². The first kappa shape index (κ1) is 24.9. The van der Waals surface area contributed by atoms with Gasteiger partial charge < -0.3 is 0 Å². The number of allylic oxidation sites excluding steroid dienone is 14. The second-order valence-corrected chi connectivity index (χ2v) is 9.09. The van der Waals surface area contributed by atoms with Crippen molar-refractivity contribution in [2.24, 2.45) is 0 Å². The SMILES string of the molecule is C=C/C(C(=C)C)=C(/C=CC)c1ccc(-c2ccc3cc(C4=C/C/C=C\C(=CC)/C=C\4)ccc3c2)cc1. The van der Waals surface area contributed by atoms with Crippen LogP contribution in [0.3, 0.4) is 0 Å². The minimum atomic E-state index is 0.940. The summed E-state index contributed by atoms with van der Waals surface area (Å²) in [6.45, 7) is 14.3. The molecule has 178 valence electrons. The Bertz CT molecular complexity index is 1470. The van der Waals surface area contributed by atoms with Crippen LogP contribution in [0.15, 0.2) is 145 Å². The van der Waals surface area contributed by atoms with E-state index in [0.29, 0.717) is 0 Å². The van der Waals surface area contributed by atoms with E-state index < -0.39 is 0 Å². The molecule has 0 saturated heterocycles. The molecular weight excluding hydrogens is 432 g/mol. The van der Waals surface area contributed by atoms with E-state index in [1.807, 2.05) is 19.9 Å². The first-order valence-corrected chi connectivity index (χ1v) is 12.6. The maximum atomic E-state index is 4.13. The lowest BCUT2D eigenvalue weighted by atomic mass is 9.93. The van der Waals surface area contributed by atoms with Crippen LogP contribution in [0.5, 0.6) is 0 Å². The zero-order valence-corrected chi connectivity index (χ0v) is 21.6. The molecule has 0 saturated carbocycles. The average molecular weight is 467 g/mol. The second-order valence-electron chi connectivity index (χ2n) is 9.09. The van der Waals surface area contributed by atoms with Gasteiger partial charge in [-0.2, -0.15) is 0 Å². The van der Waals surface area contributed by atoms with Crippen molar-refractivity contribution in [3.05, 3.63) is 156 Å². The van der Waals surface area contributed by atoms with E-state index in [1.54, 1.807) is 0 Å². The molecule has 0 aromatic heterocycles. The van der Waals surface area contributed by atoms with Crippen molar-refractivity contribution in [1.82, 2.24) is 0 Å². The molecule has 1 aliphatic carbocycles. The molecule has 0 unspecified atom stereocenters. The molecule has 0 amide bonds. The number of rotatable bonds is 6. The summed E-state index contributed by atoms with van der Waals surface area (Å²) in [5.74, 6) is 0. The Hall–Kier alpha value is -4.16. The van der Waals surface area contributed by atoms with E-state index in [2.05, 4.69) is 129 Å². The van der Waals surface area contributed by atoms with Gasteiger partial charge in [0.15, 0.2) is 0 Å². The van der Waals surface area contributed by atoms with Gasteiger partial charge in [0.25, 0.3) is 0 Å². The van der Waals surface area contributed by atoms with Gasteiger partial charge in [-0.15, -0.1) is 0 Å². The Labute approximate surface area is 216 Å². The Balaban J connectivity index is 1.65. The highest BCUT2D eigenvalue weighted by Crippen LogP contribution is 2.31. The Morgan fingerprint density at radius 2 is 1.47 bits per heavy atom. The maximum absolute atomic E-state index is 4.13. The monoisotopic (exact) mass is 466 g/mol. The number of benzene rings is 3. The van der Waals surface area contributed by atoms with Crippen LogP contribution in [0.4, 0.5) is 0 Å². The minimum Gasteiger partial charge on any atom is -0.0984 e. The number of fused-ring (bicyclic) bond motifs is 1. The van der Waals surface area contributed by atoms with Crippen molar-refractivity contribution in [2.75, 3.05) is 0 Å². The molecule has 0 fully saturated rings. The summed E-state index contributed by atoms with van der Waals surface area (Å²) in [7, 11) is 0. The summed E-state index contributed by atoms with van der Waals surface area (Å²) in [5, 5.41) is 2.50. The summed E-state index contributed by atoms with van der Waals surface area (Å²) in [6.07, 6.45) is 20.2. The van der Waals surface area contributed by atoms with E-state index in [4.69, 9.17) is 0 Å². The Morgan fingerprint density at radius 1 is 0.806 bits per heavy atom. The van der Waals surface area contributed by atoms with Crippen molar-refractivity contribution in [3.8, 4) is 11.1 Å². The topological polar surface area (TPSA) is 0 Å². The van der Waals surface area contributed by atoms with Crippen LogP contribution < -0.4 is 0 Å². The highest BCUT2D eigenvalue weighted by Gasteiger charge is 2.08. The quantitative estimate of drug-likeness (QED) is 0.317. The van der Waals surface area contributed by atoms with Gasteiger partial charge in [-0.1, -0.05) is 122 Å². The fourth-order valence-corrected chi connectivity index (χ4v) is 4.58. The molecule has 0 bridgehead atoms. The summed E-state index contributed by atoms with van der Waals surface area (Å²) < 4.78 is 0. The summed E-state index contributed by atoms with van der Waals surface area (Å²) in [4.78, 5) is 0. The second kappa shape index (κ2) is 11.5.